The van der Waals surface area contributed by atoms with Gasteiger partial charge in [-0.15, -0.1) is 0 Å². The average Bonchev–Trinajstić information content (AvgIpc) is 2.34. The molecule has 0 saturated heterocycles. The minimum atomic E-state index is -0.0813. The lowest BCUT2D eigenvalue weighted by atomic mass is 10.1. The van der Waals surface area contributed by atoms with Crippen LogP contribution in [0.15, 0.2) is 30.4 Å². The molecule has 0 heterocycles. The molecule has 0 atom stereocenters. The largest absolute Gasteiger partial charge is 0.483 e. The van der Waals surface area contributed by atoms with Crippen LogP contribution in [0.5, 0.6) is 5.75 Å². The number of amides is 1. The van der Waals surface area contributed by atoms with Gasteiger partial charge in [-0.25, -0.2) is 0 Å². The van der Waals surface area contributed by atoms with Gasteiger partial charge in [-0.3, -0.25) is 4.79 Å². The first-order valence-electron chi connectivity index (χ1n) is 6.22. The Bertz CT molecular complexity index is 404. The van der Waals surface area contributed by atoms with Gasteiger partial charge in [0.15, 0.2) is 6.61 Å². The molecule has 1 aromatic rings. The normalized spacial score (nSPS) is 10.6. The van der Waals surface area contributed by atoms with E-state index >= 15 is 0 Å². The molecule has 0 unspecified atom stereocenters. The van der Waals surface area contributed by atoms with Crippen LogP contribution in [0.2, 0.25) is 0 Å². The number of ether oxygens (including phenoxy) is 1. The molecule has 1 rings (SSSR count). The molecular weight excluding hydrogens is 226 g/mol. The fourth-order valence-corrected chi connectivity index (χ4v) is 1.68. The van der Waals surface area contributed by atoms with Crippen molar-refractivity contribution in [3.8, 4) is 5.75 Å². The molecule has 0 aliphatic rings. The van der Waals surface area contributed by atoms with Crippen LogP contribution in [0.3, 0.4) is 0 Å². The second kappa shape index (κ2) is 7.54. The molecular formula is C15H21NO2. The Kier molecular flexibility index (Phi) is 5.98. The summed E-state index contributed by atoms with van der Waals surface area (Å²) in [6.07, 6.45) is 4.84. The van der Waals surface area contributed by atoms with E-state index in [0.29, 0.717) is 6.54 Å². The summed E-state index contributed by atoms with van der Waals surface area (Å²) < 4.78 is 5.56. The summed E-state index contributed by atoms with van der Waals surface area (Å²) in [6.45, 7) is 6.64. The smallest absolute Gasteiger partial charge is 0.257 e. The minimum absolute atomic E-state index is 0.0710. The van der Waals surface area contributed by atoms with Crippen molar-refractivity contribution in [3.63, 3.8) is 0 Å². The van der Waals surface area contributed by atoms with Crippen LogP contribution in [-0.2, 0) is 4.79 Å². The summed E-state index contributed by atoms with van der Waals surface area (Å²) in [5, 5.41) is 2.81. The molecule has 1 aromatic carbocycles. The highest BCUT2D eigenvalue weighted by Gasteiger charge is 2.06. The topological polar surface area (TPSA) is 38.3 Å². The minimum Gasteiger partial charge on any atom is -0.483 e. The van der Waals surface area contributed by atoms with Crippen molar-refractivity contribution in [2.24, 2.45) is 0 Å². The van der Waals surface area contributed by atoms with Crippen molar-refractivity contribution >= 4 is 5.91 Å². The van der Waals surface area contributed by atoms with Gasteiger partial charge in [0.2, 0.25) is 0 Å². The Labute approximate surface area is 109 Å². The van der Waals surface area contributed by atoms with Crippen molar-refractivity contribution in [3.05, 3.63) is 41.5 Å². The van der Waals surface area contributed by atoms with Gasteiger partial charge in [-0.1, -0.05) is 30.4 Å². The zero-order valence-electron chi connectivity index (χ0n) is 11.3. The average molecular weight is 247 g/mol. The van der Waals surface area contributed by atoms with Gasteiger partial charge in [0.05, 0.1) is 0 Å². The van der Waals surface area contributed by atoms with Crippen LogP contribution in [-0.4, -0.2) is 19.1 Å². The van der Waals surface area contributed by atoms with E-state index in [-0.39, 0.29) is 12.5 Å². The Morgan fingerprint density at radius 3 is 2.61 bits per heavy atom. The number of rotatable bonds is 6. The Balaban J connectivity index is 2.38. The van der Waals surface area contributed by atoms with Crippen LogP contribution in [0.25, 0.3) is 0 Å². The van der Waals surface area contributed by atoms with Crippen molar-refractivity contribution in [2.45, 2.75) is 27.2 Å². The number of carbonyl (C=O) groups is 1. The van der Waals surface area contributed by atoms with Gasteiger partial charge in [0.1, 0.15) is 5.75 Å². The van der Waals surface area contributed by atoms with E-state index < -0.39 is 0 Å². The van der Waals surface area contributed by atoms with Crippen LogP contribution in [0.1, 0.15) is 24.5 Å². The second-order valence-electron chi connectivity index (χ2n) is 4.22. The number of hydrogen-bond acceptors (Lipinski definition) is 2. The summed E-state index contributed by atoms with van der Waals surface area (Å²) in [5.74, 6) is 0.725. The summed E-state index contributed by atoms with van der Waals surface area (Å²) in [7, 11) is 0. The lowest BCUT2D eigenvalue weighted by Gasteiger charge is -2.11. The molecule has 0 bridgehead atoms. The molecule has 0 radical (unpaired) electrons. The monoisotopic (exact) mass is 247 g/mol. The third-order valence-electron chi connectivity index (χ3n) is 2.63. The predicted octanol–water partition coefficient (Wildman–Crippen LogP) is 2.76. The highest BCUT2D eigenvalue weighted by atomic mass is 16.5. The fourth-order valence-electron chi connectivity index (χ4n) is 1.68. The number of hydrogen-bond donors (Lipinski definition) is 1. The molecule has 0 spiro atoms. The van der Waals surface area contributed by atoms with E-state index in [1.807, 2.05) is 51.1 Å². The lowest BCUT2D eigenvalue weighted by molar-refractivity contribution is -0.123. The highest BCUT2D eigenvalue weighted by molar-refractivity contribution is 5.77. The Hall–Kier alpha value is -1.77. The van der Waals surface area contributed by atoms with Crippen molar-refractivity contribution < 1.29 is 9.53 Å². The molecule has 3 heteroatoms. The van der Waals surface area contributed by atoms with Gasteiger partial charge < -0.3 is 10.1 Å². The molecule has 0 fully saturated rings. The summed E-state index contributed by atoms with van der Waals surface area (Å²) in [5.41, 5.74) is 2.11. The van der Waals surface area contributed by atoms with Crippen LogP contribution in [0, 0.1) is 13.8 Å². The zero-order chi connectivity index (χ0) is 13.4. The maximum Gasteiger partial charge on any atom is 0.257 e. The molecule has 0 aliphatic carbocycles. The van der Waals surface area contributed by atoms with Crippen molar-refractivity contribution in [1.29, 1.82) is 0 Å². The van der Waals surface area contributed by atoms with E-state index in [1.165, 1.54) is 0 Å². The molecule has 1 N–H and O–H groups in total. The van der Waals surface area contributed by atoms with Gasteiger partial charge in [0, 0.05) is 6.54 Å². The molecule has 18 heavy (non-hydrogen) atoms. The highest BCUT2D eigenvalue weighted by Crippen LogP contribution is 2.21. The molecule has 0 aromatic heterocycles. The zero-order valence-corrected chi connectivity index (χ0v) is 11.3. The Morgan fingerprint density at radius 1 is 1.33 bits per heavy atom. The second-order valence-corrected chi connectivity index (χ2v) is 4.22. The number of aryl methyl sites for hydroxylation is 2. The number of nitrogens with one attached hydrogen (secondary N) is 1. The van der Waals surface area contributed by atoms with Crippen molar-refractivity contribution in [1.82, 2.24) is 5.32 Å². The third kappa shape index (κ3) is 4.62. The number of para-hydroxylation sites is 1. The van der Waals surface area contributed by atoms with Gasteiger partial charge >= 0.3 is 0 Å². The van der Waals surface area contributed by atoms with E-state index in [9.17, 15) is 4.79 Å². The van der Waals surface area contributed by atoms with E-state index in [0.717, 1.165) is 23.3 Å². The fraction of sp³-hybridized carbons (Fsp3) is 0.400. The maximum atomic E-state index is 11.5. The molecule has 0 saturated carbocycles. The first-order chi connectivity index (χ1) is 8.65. The third-order valence-corrected chi connectivity index (χ3v) is 2.63. The quantitative estimate of drug-likeness (QED) is 0.620. The van der Waals surface area contributed by atoms with Crippen LogP contribution in [0.4, 0.5) is 0 Å². The number of benzene rings is 1. The molecule has 1 amide bonds. The Morgan fingerprint density at radius 2 is 2.00 bits per heavy atom. The van der Waals surface area contributed by atoms with E-state index in [1.54, 1.807) is 0 Å². The van der Waals surface area contributed by atoms with Gasteiger partial charge in [-0.2, -0.15) is 0 Å². The van der Waals surface area contributed by atoms with E-state index in [4.69, 9.17) is 4.74 Å². The molecule has 3 nitrogen and oxygen atoms in total. The standard InChI is InChI=1S/C15H21NO2/c1-4-5-6-10-16-14(17)11-18-15-12(2)8-7-9-13(15)3/h4-5,7-9H,6,10-11H2,1-3H3,(H,16,17)/b5-4+. The molecule has 98 valence electrons. The SMILES string of the molecule is C/C=C/CCNC(=O)COc1c(C)cccc1C. The van der Waals surface area contributed by atoms with Crippen LogP contribution >= 0.6 is 0 Å². The molecule has 0 aliphatic heterocycles. The first-order valence-corrected chi connectivity index (χ1v) is 6.22. The summed E-state index contributed by atoms with van der Waals surface area (Å²) in [6, 6.07) is 5.94. The van der Waals surface area contributed by atoms with Gasteiger partial charge in [0.25, 0.3) is 5.91 Å². The predicted molar refractivity (Wildman–Crippen MR) is 73.9 cm³/mol. The number of carbonyl (C=O) groups excluding carboxylic acids is 1. The number of allylic oxidation sites excluding steroid dienone is 1. The first kappa shape index (κ1) is 14.3. The van der Waals surface area contributed by atoms with Crippen molar-refractivity contribution in [2.75, 3.05) is 13.2 Å². The van der Waals surface area contributed by atoms with Crippen LogP contribution < -0.4 is 10.1 Å². The summed E-state index contributed by atoms with van der Waals surface area (Å²) >= 11 is 0. The summed E-state index contributed by atoms with van der Waals surface area (Å²) in [4.78, 5) is 11.5. The van der Waals surface area contributed by atoms with Gasteiger partial charge in [-0.05, 0) is 38.3 Å². The maximum absolute atomic E-state index is 11.5. The van der Waals surface area contributed by atoms with E-state index in [2.05, 4.69) is 5.32 Å². The lowest BCUT2D eigenvalue weighted by Crippen LogP contribution is -2.29.